The first-order valence-corrected chi connectivity index (χ1v) is 4.99. The zero-order valence-corrected chi connectivity index (χ0v) is 9.70. The van der Waals surface area contributed by atoms with Crippen LogP contribution in [-0.2, 0) is 6.61 Å². The number of aliphatic hydroxyl groups is 1. The molecule has 3 heteroatoms. The highest BCUT2D eigenvalue weighted by molar-refractivity contribution is 5.47. The molecule has 0 heterocycles. The van der Waals surface area contributed by atoms with Crippen molar-refractivity contribution < 1.29 is 14.6 Å². The van der Waals surface area contributed by atoms with Crippen molar-refractivity contribution in [1.29, 1.82) is 0 Å². The summed E-state index contributed by atoms with van der Waals surface area (Å²) in [5.74, 6) is 1.83. The first-order chi connectivity index (χ1) is 7.13. The Morgan fingerprint density at radius 1 is 1.13 bits per heavy atom. The summed E-state index contributed by atoms with van der Waals surface area (Å²) in [6.45, 7) is 4.16. The molecule has 0 aliphatic rings. The Hall–Kier alpha value is -1.22. The van der Waals surface area contributed by atoms with Crippen molar-refractivity contribution in [2.75, 3.05) is 14.2 Å². The van der Waals surface area contributed by atoms with Gasteiger partial charge in [0.05, 0.1) is 20.8 Å². The molecular formula is C12H18O3. The van der Waals surface area contributed by atoms with Gasteiger partial charge in [-0.2, -0.15) is 0 Å². The minimum atomic E-state index is -0.0209. The van der Waals surface area contributed by atoms with Gasteiger partial charge in [-0.3, -0.25) is 0 Å². The number of rotatable bonds is 4. The Labute approximate surface area is 90.6 Å². The van der Waals surface area contributed by atoms with E-state index < -0.39 is 0 Å². The molecule has 0 saturated carbocycles. The fourth-order valence-corrected chi connectivity index (χ4v) is 1.57. The van der Waals surface area contributed by atoms with Gasteiger partial charge < -0.3 is 14.6 Å². The lowest BCUT2D eigenvalue weighted by Gasteiger charge is -2.15. The maximum Gasteiger partial charge on any atom is 0.128 e. The van der Waals surface area contributed by atoms with Gasteiger partial charge >= 0.3 is 0 Å². The number of aliphatic hydroxyl groups excluding tert-OH is 1. The number of hydrogen-bond acceptors (Lipinski definition) is 3. The molecule has 15 heavy (non-hydrogen) atoms. The van der Waals surface area contributed by atoms with Gasteiger partial charge in [-0.05, 0) is 17.5 Å². The zero-order chi connectivity index (χ0) is 11.4. The van der Waals surface area contributed by atoms with Crippen LogP contribution in [0.2, 0.25) is 0 Å². The molecule has 0 saturated heterocycles. The van der Waals surface area contributed by atoms with E-state index in [1.807, 2.05) is 12.1 Å². The molecule has 0 fully saturated rings. The van der Waals surface area contributed by atoms with Crippen LogP contribution in [0.3, 0.4) is 0 Å². The van der Waals surface area contributed by atoms with Gasteiger partial charge in [0, 0.05) is 11.6 Å². The average Bonchev–Trinajstić information content (AvgIpc) is 2.26. The van der Waals surface area contributed by atoms with Gasteiger partial charge in [-0.1, -0.05) is 13.8 Å². The molecule has 1 aromatic rings. The largest absolute Gasteiger partial charge is 0.496 e. The topological polar surface area (TPSA) is 38.7 Å². The van der Waals surface area contributed by atoms with E-state index in [-0.39, 0.29) is 6.61 Å². The van der Waals surface area contributed by atoms with Gasteiger partial charge in [-0.25, -0.2) is 0 Å². The van der Waals surface area contributed by atoms with Crippen LogP contribution in [0, 0.1) is 0 Å². The van der Waals surface area contributed by atoms with Crippen LogP contribution in [0.1, 0.15) is 30.9 Å². The summed E-state index contributed by atoms with van der Waals surface area (Å²) < 4.78 is 10.5. The van der Waals surface area contributed by atoms with Gasteiger partial charge in [-0.15, -0.1) is 0 Å². The van der Waals surface area contributed by atoms with E-state index in [9.17, 15) is 5.11 Å². The molecule has 0 aliphatic carbocycles. The van der Waals surface area contributed by atoms with E-state index in [0.29, 0.717) is 11.7 Å². The predicted octanol–water partition coefficient (Wildman–Crippen LogP) is 2.32. The SMILES string of the molecule is COc1cc(OC)c(C(C)C)cc1CO. The fraction of sp³-hybridized carbons (Fsp3) is 0.500. The van der Waals surface area contributed by atoms with Crippen LogP contribution in [0.5, 0.6) is 11.5 Å². The maximum absolute atomic E-state index is 9.20. The summed E-state index contributed by atoms with van der Waals surface area (Å²) in [7, 11) is 3.22. The molecule has 84 valence electrons. The Kier molecular flexibility index (Phi) is 3.97. The predicted molar refractivity (Wildman–Crippen MR) is 59.6 cm³/mol. The Morgan fingerprint density at radius 3 is 2.13 bits per heavy atom. The highest BCUT2D eigenvalue weighted by Gasteiger charge is 2.12. The summed E-state index contributed by atoms with van der Waals surface area (Å²) in [6.07, 6.45) is 0. The van der Waals surface area contributed by atoms with Crippen LogP contribution in [0.4, 0.5) is 0 Å². The lowest BCUT2D eigenvalue weighted by molar-refractivity contribution is 0.273. The minimum Gasteiger partial charge on any atom is -0.496 e. The molecule has 1 aromatic carbocycles. The molecular weight excluding hydrogens is 192 g/mol. The van der Waals surface area contributed by atoms with E-state index in [4.69, 9.17) is 9.47 Å². The molecule has 3 nitrogen and oxygen atoms in total. The smallest absolute Gasteiger partial charge is 0.128 e. The maximum atomic E-state index is 9.20. The van der Waals surface area contributed by atoms with Crippen LogP contribution in [0.25, 0.3) is 0 Å². The molecule has 0 amide bonds. The standard InChI is InChI=1S/C12H18O3/c1-8(2)10-5-9(7-13)11(14-3)6-12(10)15-4/h5-6,8,13H,7H2,1-4H3. The molecule has 0 bridgehead atoms. The van der Waals surface area contributed by atoms with Crippen LogP contribution in [-0.4, -0.2) is 19.3 Å². The van der Waals surface area contributed by atoms with Crippen LogP contribution >= 0.6 is 0 Å². The van der Waals surface area contributed by atoms with E-state index in [1.54, 1.807) is 14.2 Å². The molecule has 0 radical (unpaired) electrons. The van der Waals surface area contributed by atoms with Crippen molar-refractivity contribution in [3.05, 3.63) is 23.3 Å². The average molecular weight is 210 g/mol. The van der Waals surface area contributed by atoms with Gasteiger partial charge in [0.15, 0.2) is 0 Å². The Bertz CT molecular complexity index is 332. The quantitative estimate of drug-likeness (QED) is 0.828. The third-order valence-electron chi connectivity index (χ3n) is 2.43. The second-order valence-corrected chi connectivity index (χ2v) is 3.72. The summed E-state index contributed by atoms with van der Waals surface area (Å²) >= 11 is 0. The van der Waals surface area contributed by atoms with Crippen molar-refractivity contribution in [2.24, 2.45) is 0 Å². The summed E-state index contributed by atoms with van der Waals surface area (Å²) in [4.78, 5) is 0. The van der Waals surface area contributed by atoms with Gasteiger partial charge in [0.2, 0.25) is 0 Å². The summed E-state index contributed by atoms with van der Waals surface area (Å²) in [6, 6.07) is 3.75. The van der Waals surface area contributed by atoms with E-state index in [0.717, 1.165) is 16.9 Å². The molecule has 0 unspecified atom stereocenters. The van der Waals surface area contributed by atoms with Crippen molar-refractivity contribution in [3.63, 3.8) is 0 Å². The second-order valence-electron chi connectivity index (χ2n) is 3.72. The number of hydrogen-bond donors (Lipinski definition) is 1. The van der Waals surface area contributed by atoms with E-state index in [1.165, 1.54) is 0 Å². The third kappa shape index (κ3) is 2.42. The molecule has 1 rings (SSSR count). The molecule has 1 N–H and O–H groups in total. The lowest BCUT2D eigenvalue weighted by atomic mass is 9.99. The van der Waals surface area contributed by atoms with Crippen LogP contribution < -0.4 is 9.47 Å². The first-order valence-electron chi connectivity index (χ1n) is 4.99. The van der Waals surface area contributed by atoms with E-state index >= 15 is 0 Å². The molecule has 0 atom stereocenters. The minimum absolute atomic E-state index is 0.0209. The van der Waals surface area contributed by atoms with Crippen LogP contribution in [0.15, 0.2) is 12.1 Å². The fourth-order valence-electron chi connectivity index (χ4n) is 1.57. The molecule has 0 aliphatic heterocycles. The number of benzene rings is 1. The van der Waals surface area contributed by atoms with Gasteiger partial charge in [0.25, 0.3) is 0 Å². The Morgan fingerprint density at radius 2 is 1.73 bits per heavy atom. The van der Waals surface area contributed by atoms with Crippen molar-refractivity contribution in [3.8, 4) is 11.5 Å². The molecule has 0 spiro atoms. The lowest BCUT2D eigenvalue weighted by Crippen LogP contribution is -1.99. The summed E-state index contributed by atoms with van der Waals surface area (Å²) in [5.41, 5.74) is 1.88. The monoisotopic (exact) mass is 210 g/mol. The van der Waals surface area contributed by atoms with Crippen molar-refractivity contribution in [2.45, 2.75) is 26.4 Å². The number of methoxy groups -OCH3 is 2. The van der Waals surface area contributed by atoms with Crippen molar-refractivity contribution in [1.82, 2.24) is 0 Å². The highest BCUT2D eigenvalue weighted by Crippen LogP contribution is 2.33. The van der Waals surface area contributed by atoms with Gasteiger partial charge in [0.1, 0.15) is 11.5 Å². The second kappa shape index (κ2) is 5.03. The molecule has 0 aromatic heterocycles. The van der Waals surface area contributed by atoms with E-state index in [2.05, 4.69) is 13.8 Å². The summed E-state index contributed by atoms with van der Waals surface area (Å²) in [5, 5.41) is 9.20. The first kappa shape index (κ1) is 11.9. The van der Waals surface area contributed by atoms with Crippen molar-refractivity contribution >= 4 is 0 Å². The Balaban J connectivity index is 3.27. The third-order valence-corrected chi connectivity index (χ3v) is 2.43. The normalized spacial score (nSPS) is 10.5. The highest BCUT2D eigenvalue weighted by atomic mass is 16.5. The number of ether oxygens (including phenoxy) is 2. The zero-order valence-electron chi connectivity index (χ0n) is 9.70.